The van der Waals surface area contributed by atoms with Crippen LogP contribution in [-0.4, -0.2) is 45.1 Å². The highest BCUT2D eigenvalue weighted by Gasteiger charge is 2.20. The number of benzene rings is 2. The molecule has 0 heterocycles. The summed E-state index contributed by atoms with van der Waals surface area (Å²) in [6.45, 7) is 0.455. The molecule has 6 nitrogen and oxygen atoms in total. The molecular formula is C20H26N2O4S. The van der Waals surface area contributed by atoms with Gasteiger partial charge in [0.15, 0.2) is 0 Å². The minimum Gasteiger partial charge on any atom is -0.496 e. The van der Waals surface area contributed by atoms with E-state index in [9.17, 15) is 13.2 Å². The Labute approximate surface area is 161 Å². The number of hydrogen-bond donors (Lipinski definition) is 1. The average molecular weight is 391 g/mol. The first kappa shape index (κ1) is 20.9. The maximum atomic E-state index is 12.2. The monoisotopic (exact) mass is 390 g/mol. The number of para-hydroxylation sites is 1. The van der Waals surface area contributed by atoms with Gasteiger partial charge in [-0.2, -0.15) is 4.31 Å². The molecular weight excluding hydrogens is 364 g/mol. The normalized spacial score (nSPS) is 11.4. The second kappa shape index (κ2) is 10.1. The summed E-state index contributed by atoms with van der Waals surface area (Å²) < 4.78 is 30.5. The number of nitrogens with one attached hydrogen (secondary N) is 1. The van der Waals surface area contributed by atoms with E-state index < -0.39 is 10.0 Å². The van der Waals surface area contributed by atoms with Crippen LogP contribution in [0.3, 0.4) is 0 Å². The molecule has 0 saturated carbocycles. The Morgan fingerprint density at radius 1 is 1.07 bits per heavy atom. The number of nitrogens with zero attached hydrogens (tertiary/aromatic N) is 1. The van der Waals surface area contributed by atoms with Crippen molar-refractivity contribution in [3.63, 3.8) is 0 Å². The Kier molecular flexibility index (Phi) is 7.82. The van der Waals surface area contributed by atoms with Crippen molar-refractivity contribution in [2.45, 2.75) is 19.4 Å². The fourth-order valence-electron chi connectivity index (χ4n) is 2.71. The van der Waals surface area contributed by atoms with E-state index in [4.69, 9.17) is 4.74 Å². The van der Waals surface area contributed by atoms with E-state index in [0.717, 1.165) is 36.0 Å². The Morgan fingerprint density at radius 2 is 1.74 bits per heavy atom. The molecule has 0 saturated heterocycles. The lowest BCUT2D eigenvalue weighted by Crippen LogP contribution is -2.40. The molecule has 7 heteroatoms. The second-order valence-corrected chi connectivity index (χ2v) is 8.26. The van der Waals surface area contributed by atoms with Crippen LogP contribution in [0.5, 0.6) is 5.75 Å². The predicted molar refractivity (Wildman–Crippen MR) is 106 cm³/mol. The molecule has 0 aliphatic rings. The third-order valence-electron chi connectivity index (χ3n) is 4.13. The van der Waals surface area contributed by atoms with Crippen LogP contribution in [0.2, 0.25) is 0 Å². The van der Waals surface area contributed by atoms with Gasteiger partial charge in [-0.25, -0.2) is 8.42 Å². The minimum atomic E-state index is -3.48. The molecule has 1 amide bonds. The van der Waals surface area contributed by atoms with Gasteiger partial charge in [-0.3, -0.25) is 4.79 Å². The van der Waals surface area contributed by atoms with E-state index in [1.165, 1.54) is 4.31 Å². The highest BCUT2D eigenvalue weighted by molar-refractivity contribution is 7.88. The van der Waals surface area contributed by atoms with E-state index >= 15 is 0 Å². The van der Waals surface area contributed by atoms with Crippen LogP contribution < -0.4 is 10.1 Å². The molecule has 0 aliphatic carbocycles. The number of methoxy groups -OCH3 is 1. The molecule has 0 aromatic heterocycles. The maximum Gasteiger partial charge on any atom is 0.235 e. The van der Waals surface area contributed by atoms with Crippen molar-refractivity contribution in [2.24, 2.45) is 0 Å². The first-order chi connectivity index (χ1) is 12.9. The summed E-state index contributed by atoms with van der Waals surface area (Å²) in [5, 5.41) is 2.79. The molecule has 2 aromatic rings. The number of ether oxygens (including phenoxy) is 1. The van der Waals surface area contributed by atoms with Gasteiger partial charge in [0.05, 0.1) is 19.9 Å². The summed E-state index contributed by atoms with van der Waals surface area (Å²) in [7, 11) is -1.85. The molecule has 0 spiro atoms. The maximum absolute atomic E-state index is 12.2. The summed E-state index contributed by atoms with van der Waals surface area (Å²) in [6, 6.07) is 17.0. The number of hydrogen-bond acceptors (Lipinski definition) is 4. The molecule has 1 N–H and O–H groups in total. The van der Waals surface area contributed by atoms with Gasteiger partial charge in [0.1, 0.15) is 5.75 Å². The molecule has 0 aliphatic heterocycles. The molecule has 0 atom stereocenters. The van der Waals surface area contributed by atoms with E-state index in [1.54, 1.807) is 7.11 Å². The predicted octanol–water partition coefficient (Wildman–Crippen LogP) is 2.21. The van der Waals surface area contributed by atoms with E-state index in [0.29, 0.717) is 6.54 Å². The number of rotatable bonds is 10. The molecule has 0 fully saturated rings. The zero-order valence-electron chi connectivity index (χ0n) is 15.7. The molecule has 2 aromatic carbocycles. The lowest BCUT2D eigenvalue weighted by molar-refractivity contribution is -0.121. The minimum absolute atomic E-state index is 0.175. The standard InChI is InChI=1S/C20H26N2O4S/c1-26-19-13-7-6-11-18(19)12-8-14-21-20(23)16-22(27(2,24)25)15-17-9-4-3-5-10-17/h3-7,9-11,13H,8,12,14-16H2,1-2H3,(H,21,23). The summed E-state index contributed by atoms with van der Waals surface area (Å²) in [6.07, 6.45) is 2.62. The fourth-order valence-corrected chi connectivity index (χ4v) is 3.45. The highest BCUT2D eigenvalue weighted by Crippen LogP contribution is 2.18. The first-order valence-electron chi connectivity index (χ1n) is 8.78. The van der Waals surface area contributed by atoms with Crippen molar-refractivity contribution < 1.29 is 17.9 Å². The van der Waals surface area contributed by atoms with Gasteiger partial charge >= 0.3 is 0 Å². The Balaban J connectivity index is 1.83. The van der Waals surface area contributed by atoms with Crippen LogP contribution in [0.1, 0.15) is 17.5 Å². The van der Waals surface area contributed by atoms with Gasteiger partial charge in [0.2, 0.25) is 15.9 Å². The van der Waals surface area contributed by atoms with Crippen molar-refractivity contribution in [1.29, 1.82) is 0 Å². The van der Waals surface area contributed by atoms with Crippen molar-refractivity contribution >= 4 is 15.9 Å². The molecule has 27 heavy (non-hydrogen) atoms. The van der Waals surface area contributed by atoms with Gasteiger partial charge < -0.3 is 10.1 Å². The van der Waals surface area contributed by atoms with E-state index in [1.807, 2.05) is 54.6 Å². The van der Waals surface area contributed by atoms with Crippen molar-refractivity contribution in [3.8, 4) is 5.75 Å². The zero-order valence-corrected chi connectivity index (χ0v) is 16.5. The Bertz CT molecular complexity index is 838. The van der Waals surface area contributed by atoms with Crippen molar-refractivity contribution in [2.75, 3.05) is 26.5 Å². The number of amides is 1. The average Bonchev–Trinajstić information content (AvgIpc) is 2.65. The molecule has 0 unspecified atom stereocenters. The lowest BCUT2D eigenvalue weighted by atomic mass is 10.1. The SMILES string of the molecule is COc1ccccc1CCCNC(=O)CN(Cc1ccccc1)S(C)(=O)=O. The quantitative estimate of drug-likeness (QED) is 0.631. The van der Waals surface area contributed by atoms with Gasteiger partial charge in [0, 0.05) is 13.1 Å². The number of carbonyl (C=O) groups is 1. The van der Waals surface area contributed by atoms with Crippen molar-refractivity contribution in [3.05, 3.63) is 65.7 Å². The fraction of sp³-hybridized carbons (Fsp3) is 0.350. The van der Waals surface area contributed by atoms with E-state index in [-0.39, 0.29) is 19.0 Å². The van der Waals surface area contributed by atoms with Crippen LogP contribution in [0.25, 0.3) is 0 Å². The summed E-state index contributed by atoms with van der Waals surface area (Å²) in [5.74, 6) is 0.520. The van der Waals surface area contributed by atoms with Gasteiger partial charge in [-0.15, -0.1) is 0 Å². The van der Waals surface area contributed by atoms with Crippen LogP contribution >= 0.6 is 0 Å². The second-order valence-electron chi connectivity index (χ2n) is 6.28. The van der Waals surface area contributed by atoms with Gasteiger partial charge in [-0.1, -0.05) is 48.5 Å². The summed E-state index contributed by atoms with van der Waals surface area (Å²) >= 11 is 0. The summed E-state index contributed by atoms with van der Waals surface area (Å²) in [5.41, 5.74) is 1.92. The van der Waals surface area contributed by atoms with Crippen LogP contribution in [0.15, 0.2) is 54.6 Å². The zero-order chi connectivity index (χ0) is 19.7. The topological polar surface area (TPSA) is 75.7 Å². The Morgan fingerprint density at radius 3 is 2.41 bits per heavy atom. The summed E-state index contributed by atoms with van der Waals surface area (Å²) in [4.78, 5) is 12.2. The molecule has 0 radical (unpaired) electrons. The first-order valence-corrected chi connectivity index (χ1v) is 10.6. The molecule has 0 bridgehead atoms. The number of carbonyl (C=O) groups excluding carboxylic acids is 1. The highest BCUT2D eigenvalue weighted by atomic mass is 32.2. The Hall–Kier alpha value is -2.38. The van der Waals surface area contributed by atoms with E-state index in [2.05, 4.69) is 5.32 Å². The number of sulfonamides is 1. The van der Waals surface area contributed by atoms with Crippen LogP contribution in [0.4, 0.5) is 0 Å². The van der Waals surface area contributed by atoms with Crippen LogP contribution in [-0.2, 0) is 27.8 Å². The molecule has 2 rings (SSSR count). The van der Waals surface area contributed by atoms with Gasteiger partial charge in [-0.05, 0) is 30.0 Å². The number of aryl methyl sites for hydroxylation is 1. The largest absolute Gasteiger partial charge is 0.496 e. The third kappa shape index (κ3) is 7.03. The van der Waals surface area contributed by atoms with Gasteiger partial charge in [0.25, 0.3) is 0 Å². The van der Waals surface area contributed by atoms with Crippen LogP contribution in [0, 0.1) is 0 Å². The molecule has 146 valence electrons. The van der Waals surface area contributed by atoms with Crippen molar-refractivity contribution in [1.82, 2.24) is 9.62 Å². The third-order valence-corrected chi connectivity index (χ3v) is 5.32. The lowest BCUT2D eigenvalue weighted by Gasteiger charge is -2.19. The smallest absolute Gasteiger partial charge is 0.235 e.